The Bertz CT molecular complexity index is 1070. The first-order valence-electron chi connectivity index (χ1n) is 7.89. The van der Waals surface area contributed by atoms with Crippen LogP contribution in [0.15, 0.2) is 42.5 Å². The van der Waals surface area contributed by atoms with Gasteiger partial charge in [-0.25, -0.2) is 14.6 Å². The number of nitrogens with two attached hydrogens (primary N) is 1. The van der Waals surface area contributed by atoms with Crippen LogP contribution < -0.4 is 11.3 Å². The van der Waals surface area contributed by atoms with E-state index in [0.29, 0.717) is 11.5 Å². The zero-order chi connectivity index (χ0) is 20.5. The molecule has 1 heterocycles. The van der Waals surface area contributed by atoms with E-state index in [9.17, 15) is 26.7 Å². The summed E-state index contributed by atoms with van der Waals surface area (Å²) >= 11 is 0. The highest BCUT2D eigenvalue weighted by Gasteiger charge is 2.31. The molecule has 1 amide bonds. The predicted octanol–water partition coefficient (Wildman–Crippen LogP) is 3.38. The van der Waals surface area contributed by atoms with Gasteiger partial charge in [-0.15, -0.1) is 0 Å². The molecule has 0 saturated carbocycles. The summed E-state index contributed by atoms with van der Waals surface area (Å²) in [6, 6.07) is 5.87. The summed E-state index contributed by atoms with van der Waals surface area (Å²) in [5, 5.41) is 4.48. The molecule has 0 spiro atoms. The molecule has 0 unspecified atom stereocenters. The van der Waals surface area contributed by atoms with E-state index >= 15 is 0 Å². The van der Waals surface area contributed by atoms with E-state index in [1.54, 1.807) is 0 Å². The van der Waals surface area contributed by atoms with E-state index in [4.69, 9.17) is 5.84 Å². The topological polar surface area (TPSA) is 72.9 Å². The van der Waals surface area contributed by atoms with E-state index in [1.807, 2.05) is 5.43 Å². The fourth-order valence-electron chi connectivity index (χ4n) is 2.63. The second-order valence-corrected chi connectivity index (χ2v) is 5.85. The fourth-order valence-corrected chi connectivity index (χ4v) is 2.63. The van der Waals surface area contributed by atoms with Crippen molar-refractivity contribution in [3.8, 4) is 0 Å². The first-order chi connectivity index (χ1) is 13.2. The summed E-state index contributed by atoms with van der Waals surface area (Å²) < 4.78 is 67.4. The van der Waals surface area contributed by atoms with Gasteiger partial charge in [-0.05, 0) is 30.3 Å². The summed E-state index contributed by atoms with van der Waals surface area (Å²) in [5.41, 5.74) is 1.28. The SMILES string of the molecule is NNC(=O)/C=C/c1nn(Cc2ccc(F)cc2F)c2cc(C(F)(F)F)ccc12. The molecule has 0 saturated heterocycles. The smallest absolute Gasteiger partial charge is 0.291 e. The van der Waals surface area contributed by atoms with Gasteiger partial charge < -0.3 is 0 Å². The van der Waals surface area contributed by atoms with Gasteiger partial charge in [0.1, 0.15) is 11.6 Å². The molecule has 0 aliphatic rings. The Morgan fingerprint density at radius 3 is 2.57 bits per heavy atom. The number of alkyl halides is 3. The Morgan fingerprint density at radius 1 is 1.18 bits per heavy atom. The molecule has 5 nitrogen and oxygen atoms in total. The van der Waals surface area contributed by atoms with Crippen molar-refractivity contribution in [2.24, 2.45) is 5.84 Å². The lowest BCUT2D eigenvalue weighted by Crippen LogP contribution is -2.27. The minimum absolute atomic E-state index is 0.0402. The second-order valence-electron chi connectivity index (χ2n) is 5.85. The molecule has 3 aromatic rings. The van der Waals surface area contributed by atoms with Crippen molar-refractivity contribution in [1.82, 2.24) is 15.2 Å². The average Bonchev–Trinajstić information content (AvgIpc) is 2.98. The Hall–Kier alpha value is -3.27. The highest BCUT2D eigenvalue weighted by atomic mass is 19.4. The Balaban J connectivity index is 2.13. The fraction of sp³-hybridized carbons (Fsp3) is 0.111. The summed E-state index contributed by atoms with van der Waals surface area (Å²) in [6.45, 7) is -0.235. The van der Waals surface area contributed by atoms with Crippen LogP contribution in [0.1, 0.15) is 16.8 Å². The number of hydrogen-bond acceptors (Lipinski definition) is 3. The van der Waals surface area contributed by atoms with Gasteiger partial charge in [0.2, 0.25) is 0 Å². The van der Waals surface area contributed by atoms with E-state index in [-0.39, 0.29) is 23.3 Å². The van der Waals surface area contributed by atoms with Crippen LogP contribution in [0.4, 0.5) is 22.0 Å². The number of carbonyl (C=O) groups is 1. The molecule has 28 heavy (non-hydrogen) atoms. The molecule has 0 aliphatic heterocycles. The lowest BCUT2D eigenvalue weighted by molar-refractivity contribution is -0.137. The van der Waals surface area contributed by atoms with Crippen LogP contribution in [-0.4, -0.2) is 15.7 Å². The first kappa shape index (κ1) is 19.5. The monoisotopic (exact) mass is 396 g/mol. The molecular formula is C18H13F5N4O. The van der Waals surface area contributed by atoms with Gasteiger partial charge in [0.05, 0.1) is 23.3 Å². The third-order valence-electron chi connectivity index (χ3n) is 3.98. The van der Waals surface area contributed by atoms with Crippen LogP contribution in [0.3, 0.4) is 0 Å². The Labute approximate surface area is 155 Å². The van der Waals surface area contributed by atoms with Gasteiger partial charge in [0.15, 0.2) is 0 Å². The highest BCUT2D eigenvalue weighted by molar-refractivity contribution is 5.95. The number of carbonyl (C=O) groups excluding carboxylic acids is 1. The molecule has 2 aromatic carbocycles. The first-order valence-corrected chi connectivity index (χ1v) is 7.89. The number of amides is 1. The number of hydrazine groups is 1. The van der Waals surface area contributed by atoms with E-state index < -0.39 is 29.3 Å². The van der Waals surface area contributed by atoms with Crippen molar-refractivity contribution >= 4 is 22.9 Å². The summed E-state index contributed by atoms with van der Waals surface area (Å²) in [5.74, 6) is 2.71. The Kier molecular flexibility index (Phi) is 5.14. The quantitative estimate of drug-likeness (QED) is 0.234. The van der Waals surface area contributed by atoms with Gasteiger partial charge in [0.25, 0.3) is 5.91 Å². The van der Waals surface area contributed by atoms with E-state index in [2.05, 4.69) is 5.10 Å². The molecule has 3 rings (SSSR count). The lowest BCUT2D eigenvalue weighted by Gasteiger charge is -2.08. The van der Waals surface area contributed by atoms with Crippen molar-refractivity contribution < 1.29 is 26.7 Å². The largest absolute Gasteiger partial charge is 0.416 e. The molecule has 0 bridgehead atoms. The molecule has 0 radical (unpaired) electrons. The van der Waals surface area contributed by atoms with Crippen LogP contribution in [0.25, 0.3) is 17.0 Å². The number of hydrogen-bond donors (Lipinski definition) is 2. The average molecular weight is 396 g/mol. The zero-order valence-electron chi connectivity index (χ0n) is 14.1. The zero-order valence-corrected chi connectivity index (χ0v) is 14.1. The molecule has 0 atom stereocenters. The van der Waals surface area contributed by atoms with Crippen LogP contribution >= 0.6 is 0 Å². The third-order valence-corrected chi connectivity index (χ3v) is 3.98. The van der Waals surface area contributed by atoms with Crippen LogP contribution in [0.2, 0.25) is 0 Å². The minimum atomic E-state index is -4.58. The van der Waals surface area contributed by atoms with E-state index in [0.717, 1.165) is 29.0 Å². The van der Waals surface area contributed by atoms with E-state index in [1.165, 1.54) is 18.2 Å². The van der Waals surface area contributed by atoms with Gasteiger partial charge >= 0.3 is 6.18 Å². The predicted molar refractivity (Wildman–Crippen MR) is 91.6 cm³/mol. The van der Waals surface area contributed by atoms with Crippen LogP contribution in [-0.2, 0) is 17.5 Å². The lowest BCUT2D eigenvalue weighted by atomic mass is 10.1. The standard InChI is InChI=1S/C18H13F5N4O/c19-12-3-1-10(14(20)8-12)9-27-16-7-11(18(21,22)23)2-4-13(16)15(26-27)5-6-17(28)25-24/h1-8H,9,24H2,(H,25,28)/b6-5+. The molecule has 3 N–H and O–H groups in total. The normalized spacial score (nSPS) is 12.1. The Morgan fingerprint density at radius 2 is 1.93 bits per heavy atom. The number of nitrogens with zero attached hydrogens (tertiary/aromatic N) is 2. The summed E-state index contributed by atoms with van der Waals surface area (Å²) in [4.78, 5) is 11.3. The molecule has 146 valence electrons. The van der Waals surface area contributed by atoms with Crippen molar-refractivity contribution in [2.45, 2.75) is 12.7 Å². The molecule has 0 fully saturated rings. The number of fused-ring (bicyclic) bond motifs is 1. The molecule has 0 aliphatic carbocycles. The maximum atomic E-state index is 14.0. The van der Waals surface area contributed by atoms with Crippen molar-refractivity contribution in [3.63, 3.8) is 0 Å². The van der Waals surface area contributed by atoms with Gasteiger partial charge in [-0.1, -0.05) is 6.07 Å². The van der Waals surface area contributed by atoms with Crippen molar-refractivity contribution in [3.05, 3.63) is 70.9 Å². The number of benzene rings is 2. The summed E-state index contributed by atoms with van der Waals surface area (Å²) in [7, 11) is 0. The highest BCUT2D eigenvalue weighted by Crippen LogP contribution is 2.32. The number of rotatable bonds is 4. The number of halogens is 5. The molecule has 1 aromatic heterocycles. The second kappa shape index (κ2) is 7.39. The molecule has 10 heteroatoms. The van der Waals surface area contributed by atoms with Crippen molar-refractivity contribution in [2.75, 3.05) is 0 Å². The number of nitrogens with one attached hydrogen (secondary N) is 1. The maximum Gasteiger partial charge on any atom is 0.416 e. The maximum absolute atomic E-state index is 14.0. The van der Waals surface area contributed by atoms with Crippen molar-refractivity contribution in [1.29, 1.82) is 0 Å². The number of aromatic nitrogens is 2. The molecular weight excluding hydrogens is 383 g/mol. The third kappa shape index (κ3) is 4.01. The van der Waals surface area contributed by atoms with Gasteiger partial charge in [-0.2, -0.15) is 18.3 Å². The minimum Gasteiger partial charge on any atom is -0.291 e. The van der Waals surface area contributed by atoms with Crippen LogP contribution in [0.5, 0.6) is 0 Å². The van der Waals surface area contributed by atoms with Gasteiger partial charge in [0, 0.05) is 23.1 Å². The van der Waals surface area contributed by atoms with Crippen LogP contribution in [0, 0.1) is 11.6 Å². The summed E-state index contributed by atoms with van der Waals surface area (Å²) in [6.07, 6.45) is -2.25. The van der Waals surface area contributed by atoms with Gasteiger partial charge in [-0.3, -0.25) is 14.9 Å².